The Morgan fingerprint density at radius 1 is 1.06 bits per heavy atom. The second-order valence-corrected chi connectivity index (χ2v) is 11.2. The Hall–Kier alpha value is -2.66. The van der Waals surface area contributed by atoms with Crippen LogP contribution in [0.15, 0.2) is 69.7 Å². The highest BCUT2D eigenvalue weighted by atomic mass is 79.9. The lowest BCUT2D eigenvalue weighted by molar-refractivity contribution is -0.121. The molecule has 2 aromatic rings. The van der Waals surface area contributed by atoms with Crippen LogP contribution < -0.4 is 10.6 Å². The number of nitrogens with one attached hydrogen (secondary N) is 2. The molecule has 190 valence electrons. The van der Waals surface area contributed by atoms with E-state index in [1.807, 2.05) is 12.1 Å². The molecule has 0 saturated heterocycles. The molecule has 2 aliphatic rings. The van der Waals surface area contributed by atoms with E-state index in [2.05, 4.69) is 83.7 Å². The van der Waals surface area contributed by atoms with Crippen LogP contribution >= 0.6 is 15.9 Å². The van der Waals surface area contributed by atoms with E-state index in [-0.39, 0.29) is 23.7 Å². The number of amides is 2. The van der Waals surface area contributed by atoms with Crippen molar-refractivity contribution in [3.05, 3.63) is 86.4 Å². The van der Waals surface area contributed by atoms with Gasteiger partial charge in [-0.25, -0.2) is 0 Å². The number of benzene rings is 2. The van der Waals surface area contributed by atoms with Gasteiger partial charge in [0.25, 0.3) is 0 Å². The molecule has 2 atom stereocenters. The summed E-state index contributed by atoms with van der Waals surface area (Å²) in [5.74, 6) is -0.0775. The molecule has 2 amide bonds. The van der Waals surface area contributed by atoms with Crippen LogP contribution in [-0.2, 0) is 22.4 Å². The minimum Gasteiger partial charge on any atom is -0.352 e. The fourth-order valence-corrected chi connectivity index (χ4v) is 5.61. The SMILES string of the molecule is CCC1CCCC(C)=C(Cc2ccc(C)cc2)C=C1C(=O)NCC1CCc2ccc(Br)cc2NC1=O. The minimum absolute atomic E-state index is 0.0263. The molecule has 0 fully saturated rings. The first-order chi connectivity index (χ1) is 17.3. The number of halogens is 1. The fourth-order valence-electron chi connectivity index (χ4n) is 5.25. The van der Waals surface area contributed by atoms with Gasteiger partial charge in [0.1, 0.15) is 0 Å². The molecule has 0 saturated carbocycles. The summed E-state index contributed by atoms with van der Waals surface area (Å²) in [4.78, 5) is 26.5. The van der Waals surface area contributed by atoms with Crippen LogP contribution in [0.5, 0.6) is 0 Å². The van der Waals surface area contributed by atoms with E-state index in [1.54, 1.807) is 0 Å². The average Bonchev–Trinajstić information content (AvgIpc) is 3.00. The van der Waals surface area contributed by atoms with Gasteiger partial charge in [0.2, 0.25) is 11.8 Å². The second-order valence-electron chi connectivity index (χ2n) is 10.3. The Bertz CT molecular complexity index is 1180. The van der Waals surface area contributed by atoms with Gasteiger partial charge in [0.05, 0.1) is 5.92 Å². The fraction of sp³-hybridized carbons (Fsp3) is 0.419. The van der Waals surface area contributed by atoms with Crippen molar-refractivity contribution in [3.63, 3.8) is 0 Å². The van der Waals surface area contributed by atoms with Crippen molar-refractivity contribution in [2.45, 2.75) is 65.7 Å². The first-order valence-corrected chi connectivity index (χ1v) is 14.0. The standard InChI is InChI=1S/C31H37BrN2O2/c1-4-23-7-5-6-21(3)26(16-22-10-8-20(2)9-11-22)17-28(23)31(36)33-19-25-13-12-24-14-15-27(32)18-29(24)34-30(25)35/h8-11,14-15,17-18,23,25H,4-7,12-13,16,19H2,1-3H3,(H,33,36)(H,34,35). The first-order valence-electron chi connectivity index (χ1n) is 13.2. The molecule has 2 N–H and O–H groups in total. The van der Waals surface area contributed by atoms with Gasteiger partial charge in [-0.15, -0.1) is 0 Å². The topological polar surface area (TPSA) is 58.2 Å². The van der Waals surface area contributed by atoms with Crippen molar-refractivity contribution in [2.75, 3.05) is 11.9 Å². The summed E-state index contributed by atoms with van der Waals surface area (Å²) in [7, 11) is 0. The molecule has 0 bridgehead atoms. The molecule has 0 spiro atoms. The highest BCUT2D eigenvalue weighted by Gasteiger charge is 2.27. The van der Waals surface area contributed by atoms with Gasteiger partial charge in [-0.2, -0.15) is 0 Å². The van der Waals surface area contributed by atoms with Crippen LogP contribution in [0.4, 0.5) is 5.69 Å². The van der Waals surface area contributed by atoms with Crippen LogP contribution in [-0.4, -0.2) is 18.4 Å². The van der Waals surface area contributed by atoms with Gasteiger partial charge >= 0.3 is 0 Å². The lowest BCUT2D eigenvalue weighted by atomic mass is 9.83. The average molecular weight is 550 g/mol. The van der Waals surface area contributed by atoms with Crippen LogP contribution in [0.25, 0.3) is 0 Å². The zero-order chi connectivity index (χ0) is 25.7. The number of fused-ring (bicyclic) bond motifs is 1. The summed E-state index contributed by atoms with van der Waals surface area (Å²) in [5, 5.41) is 6.19. The first kappa shape index (κ1) is 26.4. The summed E-state index contributed by atoms with van der Waals surface area (Å²) in [6, 6.07) is 14.7. The molecule has 2 unspecified atom stereocenters. The van der Waals surface area contributed by atoms with Crippen LogP contribution in [0, 0.1) is 18.8 Å². The van der Waals surface area contributed by atoms with Crippen LogP contribution in [0.2, 0.25) is 0 Å². The lowest BCUT2D eigenvalue weighted by Crippen LogP contribution is -2.37. The number of rotatable bonds is 6. The van der Waals surface area contributed by atoms with E-state index in [0.717, 1.165) is 59.8 Å². The van der Waals surface area contributed by atoms with Crippen molar-refractivity contribution in [3.8, 4) is 0 Å². The summed E-state index contributed by atoms with van der Waals surface area (Å²) < 4.78 is 0.944. The molecule has 1 heterocycles. The van der Waals surface area contributed by atoms with Crippen molar-refractivity contribution < 1.29 is 9.59 Å². The number of carbonyl (C=O) groups excluding carboxylic acids is 2. The van der Waals surface area contributed by atoms with Crippen molar-refractivity contribution in [2.24, 2.45) is 11.8 Å². The molecular weight excluding hydrogens is 512 g/mol. The summed E-state index contributed by atoms with van der Waals surface area (Å²) >= 11 is 3.48. The normalized spacial score (nSPS) is 20.4. The molecule has 0 aromatic heterocycles. The molecule has 1 aliphatic carbocycles. The van der Waals surface area contributed by atoms with Gasteiger partial charge in [-0.3, -0.25) is 9.59 Å². The largest absolute Gasteiger partial charge is 0.352 e. The van der Waals surface area contributed by atoms with Gasteiger partial charge in [0, 0.05) is 22.3 Å². The van der Waals surface area contributed by atoms with E-state index in [0.29, 0.717) is 13.0 Å². The maximum atomic E-state index is 13.5. The van der Waals surface area contributed by atoms with Crippen molar-refractivity contribution in [1.29, 1.82) is 0 Å². The predicted octanol–water partition coefficient (Wildman–Crippen LogP) is 7.07. The van der Waals surface area contributed by atoms with E-state index in [9.17, 15) is 9.59 Å². The van der Waals surface area contributed by atoms with Gasteiger partial charge in [0.15, 0.2) is 0 Å². The molecule has 36 heavy (non-hydrogen) atoms. The summed E-state index contributed by atoms with van der Waals surface area (Å²) in [5.41, 5.74) is 7.98. The molecule has 1 aliphatic heterocycles. The van der Waals surface area contributed by atoms with Crippen molar-refractivity contribution in [1.82, 2.24) is 5.32 Å². The van der Waals surface area contributed by atoms with Crippen LogP contribution in [0.1, 0.15) is 62.6 Å². The summed E-state index contributed by atoms with van der Waals surface area (Å²) in [6.45, 7) is 6.82. The monoisotopic (exact) mass is 548 g/mol. The third-order valence-electron chi connectivity index (χ3n) is 7.66. The number of carbonyl (C=O) groups is 2. The number of hydrogen-bond donors (Lipinski definition) is 2. The number of allylic oxidation sites excluding steroid dienone is 3. The third-order valence-corrected chi connectivity index (χ3v) is 8.16. The lowest BCUT2D eigenvalue weighted by Gasteiger charge is -2.24. The highest BCUT2D eigenvalue weighted by molar-refractivity contribution is 9.10. The molecular formula is C31H37BrN2O2. The zero-order valence-electron chi connectivity index (χ0n) is 21.6. The molecule has 4 nitrogen and oxygen atoms in total. The Morgan fingerprint density at radius 2 is 1.83 bits per heavy atom. The van der Waals surface area contributed by atoms with E-state index >= 15 is 0 Å². The Kier molecular flexibility index (Phi) is 8.84. The molecule has 2 aromatic carbocycles. The maximum absolute atomic E-state index is 13.5. The van der Waals surface area contributed by atoms with E-state index < -0.39 is 0 Å². The molecule has 0 radical (unpaired) electrons. The Balaban J connectivity index is 1.50. The van der Waals surface area contributed by atoms with Gasteiger partial charge in [-0.05, 0) is 99.6 Å². The number of hydrogen-bond acceptors (Lipinski definition) is 2. The Labute approximate surface area is 223 Å². The summed E-state index contributed by atoms with van der Waals surface area (Å²) in [6.07, 6.45) is 8.62. The smallest absolute Gasteiger partial charge is 0.247 e. The number of aryl methyl sites for hydroxylation is 2. The van der Waals surface area contributed by atoms with Gasteiger partial charge in [-0.1, -0.05) is 64.3 Å². The third kappa shape index (κ3) is 6.56. The predicted molar refractivity (Wildman–Crippen MR) is 151 cm³/mol. The maximum Gasteiger partial charge on any atom is 0.247 e. The van der Waals surface area contributed by atoms with Gasteiger partial charge < -0.3 is 10.6 Å². The highest BCUT2D eigenvalue weighted by Crippen LogP contribution is 2.31. The minimum atomic E-state index is -0.251. The van der Waals surface area contributed by atoms with Crippen LogP contribution in [0.3, 0.4) is 0 Å². The zero-order valence-corrected chi connectivity index (χ0v) is 23.2. The Morgan fingerprint density at radius 3 is 2.58 bits per heavy atom. The van der Waals surface area contributed by atoms with Crippen molar-refractivity contribution >= 4 is 33.4 Å². The number of anilines is 1. The molecule has 5 heteroatoms. The van der Waals surface area contributed by atoms with E-state index in [1.165, 1.54) is 22.3 Å². The second kappa shape index (κ2) is 12.1. The van der Waals surface area contributed by atoms with E-state index in [4.69, 9.17) is 0 Å². The quantitative estimate of drug-likeness (QED) is 0.405. The molecule has 4 rings (SSSR count).